The largest absolute Gasteiger partial charge is 0.497 e. The Bertz CT molecular complexity index is 1160. The fourth-order valence-electron chi connectivity index (χ4n) is 3.52. The van der Waals surface area contributed by atoms with Crippen LogP contribution in [0, 0.1) is 0 Å². The molecule has 0 saturated heterocycles. The predicted molar refractivity (Wildman–Crippen MR) is 110 cm³/mol. The molecule has 2 aromatic heterocycles. The molecule has 0 atom stereocenters. The first-order valence-corrected chi connectivity index (χ1v) is 10.1. The lowest BCUT2D eigenvalue weighted by Gasteiger charge is -2.17. The van der Waals surface area contributed by atoms with Crippen LogP contribution in [0.1, 0.15) is 28.9 Å². The Labute approximate surface area is 166 Å². The van der Waals surface area contributed by atoms with E-state index in [9.17, 15) is 4.79 Å². The van der Waals surface area contributed by atoms with E-state index < -0.39 is 0 Å². The number of hydrogen-bond donors (Lipinski definition) is 1. The molecule has 0 bridgehead atoms. The molecule has 1 aliphatic carbocycles. The third kappa shape index (κ3) is 2.86. The lowest BCUT2D eigenvalue weighted by molar-refractivity contribution is 0.0925. The lowest BCUT2D eigenvalue weighted by Crippen LogP contribution is -2.35. The number of rotatable bonds is 5. The van der Waals surface area contributed by atoms with Gasteiger partial charge in [-0.05, 0) is 30.5 Å². The molecule has 1 fully saturated rings. The summed E-state index contributed by atoms with van der Waals surface area (Å²) in [5.41, 5.74) is 3.33. The van der Waals surface area contributed by atoms with Crippen molar-refractivity contribution in [2.75, 3.05) is 7.11 Å². The van der Waals surface area contributed by atoms with Gasteiger partial charge in [0.15, 0.2) is 4.96 Å². The molecule has 0 aliphatic heterocycles. The molecule has 6 heteroatoms. The molecule has 28 heavy (non-hydrogen) atoms. The second-order valence-corrected chi connectivity index (χ2v) is 7.87. The number of carbonyl (C=O) groups is 1. The van der Waals surface area contributed by atoms with Gasteiger partial charge in [0.2, 0.25) is 0 Å². The molecule has 0 spiro atoms. The molecule has 5 nitrogen and oxygen atoms in total. The van der Waals surface area contributed by atoms with Crippen LogP contribution in [-0.4, -0.2) is 22.4 Å². The summed E-state index contributed by atoms with van der Waals surface area (Å²) in [6.45, 7) is 0. The number of benzene rings is 2. The maximum atomic E-state index is 13.0. The van der Waals surface area contributed by atoms with Gasteiger partial charge in [-0.1, -0.05) is 42.5 Å². The summed E-state index contributed by atoms with van der Waals surface area (Å²) in [6.07, 6.45) is 3.85. The van der Waals surface area contributed by atoms with Crippen LogP contribution in [0.15, 0.2) is 66.2 Å². The third-order valence-electron chi connectivity index (χ3n) is 5.24. The second-order valence-electron chi connectivity index (χ2n) is 7.03. The maximum absolute atomic E-state index is 13.0. The summed E-state index contributed by atoms with van der Waals surface area (Å²) in [5, 5.41) is 5.11. The number of ether oxygens (including phenoxy) is 1. The first-order chi connectivity index (χ1) is 13.7. The zero-order chi connectivity index (χ0) is 19.1. The number of aromatic nitrogens is 2. The highest BCUT2D eigenvalue weighted by atomic mass is 32.1. The van der Waals surface area contributed by atoms with Gasteiger partial charge in [-0.25, -0.2) is 4.98 Å². The Morgan fingerprint density at radius 1 is 1.18 bits per heavy atom. The highest BCUT2D eigenvalue weighted by Crippen LogP contribution is 2.45. The minimum Gasteiger partial charge on any atom is -0.497 e. The van der Waals surface area contributed by atoms with Crippen LogP contribution >= 0.6 is 11.3 Å². The summed E-state index contributed by atoms with van der Waals surface area (Å²) < 4.78 is 7.17. The topological polar surface area (TPSA) is 55.6 Å². The van der Waals surface area contributed by atoms with Crippen molar-refractivity contribution < 1.29 is 9.53 Å². The van der Waals surface area contributed by atoms with Crippen LogP contribution in [-0.2, 0) is 5.54 Å². The highest BCUT2D eigenvalue weighted by Gasteiger charge is 2.45. The van der Waals surface area contributed by atoms with E-state index in [0.29, 0.717) is 5.69 Å². The lowest BCUT2D eigenvalue weighted by atomic mass is 10.1. The summed E-state index contributed by atoms with van der Waals surface area (Å²) in [6, 6.07) is 18.0. The SMILES string of the molecule is COc1cccc(-c2cn3c(C(=O)NC4(c5ccccc5)CC4)csc3n2)c1. The number of imidazole rings is 1. The molecule has 140 valence electrons. The van der Waals surface area contributed by atoms with Crippen molar-refractivity contribution in [2.24, 2.45) is 0 Å². The average Bonchev–Trinajstić information content (AvgIpc) is 3.21. The van der Waals surface area contributed by atoms with Gasteiger partial charge in [-0.3, -0.25) is 9.20 Å². The molecule has 0 unspecified atom stereocenters. The Kier molecular flexibility index (Phi) is 3.94. The molecule has 1 N–H and O–H groups in total. The van der Waals surface area contributed by atoms with E-state index in [1.165, 1.54) is 11.3 Å². The number of hydrogen-bond acceptors (Lipinski definition) is 4. The molecule has 1 aliphatic rings. The van der Waals surface area contributed by atoms with E-state index >= 15 is 0 Å². The Balaban J connectivity index is 1.45. The van der Waals surface area contributed by atoms with Crippen LogP contribution in [0.5, 0.6) is 5.75 Å². The number of nitrogens with zero attached hydrogens (tertiary/aromatic N) is 2. The van der Waals surface area contributed by atoms with Crippen molar-refractivity contribution in [3.05, 3.63) is 77.4 Å². The Morgan fingerprint density at radius 2 is 2.00 bits per heavy atom. The van der Waals surface area contributed by atoms with Crippen LogP contribution in [0.4, 0.5) is 0 Å². The number of fused-ring (bicyclic) bond motifs is 1. The summed E-state index contributed by atoms with van der Waals surface area (Å²) >= 11 is 1.47. The summed E-state index contributed by atoms with van der Waals surface area (Å²) in [5.74, 6) is 0.715. The van der Waals surface area contributed by atoms with Crippen LogP contribution in [0.25, 0.3) is 16.2 Å². The Morgan fingerprint density at radius 3 is 2.75 bits per heavy atom. The van der Waals surface area contributed by atoms with Gasteiger partial charge >= 0.3 is 0 Å². The normalized spacial score (nSPS) is 14.8. The maximum Gasteiger partial charge on any atom is 0.269 e. The number of amides is 1. The summed E-state index contributed by atoms with van der Waals surface area (Å²) in [7, 11) is 1.65. The molecular weight excluding hydrogens is 370 g/mol. The number of nitrogens with one attached hydrogen (secondary N) is 1. The quantitative estimate of drug-likeness (QED) is 0.547. The van der Waals surface area contributed by atoms with Crippen molar-refractivity contribution >= 4 is 22.2 Å². The van der Waals surface area contributed by atoms with Gasteiger partial charge in [0.25, 0.3) is 5.91 Å². The highest BCUT2D eigenvalue weighted by molar-refractivity contribution is 7.15. The van der Waals surface area contributed by atoms with Crippen molar-refractivity contribution in [3.63, 3.8) is 0 Å². The molecule has 2 heterocycles. The van der Waals surface area contributed by atoms with Gasteiger partial charge < -0.3 is 10.1 Å². The number of thiazole rings is 1. The van der Waals surface area contributed by atoms with Crippen LogP contribution < -0.4 is 10.1 Å². The van der Waals surface area contributed by atoms with Crippen molar-refractivity contribution in [2.45, 2.75) is 18.4 Å². The molecule has 5 rings (SSSR count). The van der Waals surface area contributed by atoms with E-state index in [1.54, 1.807) is 7.11 Å². The van der Waals surface area contributed by atoms with Crippen LogP contribution in [0.2, 0.25) is 0 Å². The monoisotopic (exact) mass is 389 g/mol. The van der Waals surface area contributed by atoms with E-state index in [4.69, 9.17) is 4.74 Å². The van der Waals surface area contributed by atoms with E-state index in [-0.39, 0.29) is 11.4 Å². The van der Waals surface area contributed by atoms with Crippen molar-refractivity contribution in [1.82, 2.24) is 14.7 Å². The van der Waals surface area contributed by atoms with Gasteiger partial charge in [0, 0.05) is 17.1 Å². The minimum absolute atomic E-state index is 0.0674. The minimum atomic E-state index is -0.233. The average molecular weight is 389 g/mol. The van der Waals surface area contributed by atoms with E-state index in [0.717, 1.165) is 40.4 Å². The van der Waals surface area contributed by atoms with Gasteiger partial charge in [-0.15, -0.1) is 11.3 Å². The zero-order valence-electron chi connectivity index (χ0n) is 15.4. The van der Waals surface area contributed by atoms with E-state index in [1.807, 2.05) is 58.4 Å². The molecule has 1 saturated carbocycles. The Hall–Kier alpha value is -3.12. The third-order valence-corrected chi connectivity index (χ3v) is 6.08. The number of methoxy groups -OCH3 is 1. The van der Waals surface area contributed by atoms with Gasteiger partial charge in [0.05, 0.1) is 18.3 Å². The second kappa shape index (κ2) is 6.49. The zero-order valence-corrected chi connectivity index (χ0v) is 16.2. The smallest absolute Gasteiger partial charge is 0.269 e. The van der Waals surface area contributed by atoms with Gasteiger partial charge in [-0.2, -0.15) is 0 Å². The van der Waals surface area contributed by atoms with Crippen molar-refractivity contribution in [1.29, 1.82) is 0 Å². The molecule has 4 aromatic rings. The molecular formula is C22H19N3O2S. The fraction of sp³-hybridized carbons (Fsp3) is 0.182. The first kappa shape index (κ1) is 17.0. The fourth-order valence-corrected chi connectivity index (χ4v) is 4.37. The first-order valence-electron chi connectivity index (χ1n) is 9.18. The predicted octanol–water partition coefficient (Wildman–Crippen LogP) is 4.49. The van der Waals surface area contributed by atoms with E-state index in [2.05, 4.69) is 22.4 Å². The summed E-state index contributed by atoms with van der Waals surface area (Å²) in [4.78, 5) is 18.5. The molecule has 1 amide bonds. The van der Waals surface area contributed by atoms with Crippen LogP contribution in [0.3, 0.4) is 0 Å². The van der Waals surface area contributed by atoms with Gasteiger partial charge in [0.1, 0.15) is 11.4 Å². The standard InChI is InChI=1S/C22H19N3O2S/c1-27-17-9-5-6-15(12-17)18-13-25-19(14-28-21(25)23-18)20(26)24-22(10-11-22)16-7-3-2-4-8-16/h2-9,12-14H,10-11H2,1H3,(H,24,26). The van der Waals surface area contributed by atoms with Crippen molar-refractivity contribution in [3.8, 4) is 17.0 Å². The molecule has 2 aromatic carbocycles. The molecule has 0 radical (unpaired) electrons. The number of carbonyl (C=O) groups excluding carboxylic acids is 1.